The summed E-state index contributed by atoms with van der Waals surface area (Å²) < 4.78 is 43.0. The number of carbonyl (C=O) groups is 2. The quantitative estimate of drug-likeness (QED) is 0.309. The highest BCUT2D eigenvalue weighted by atomic mass is 19.4. The lowest BCUT2D eigenvalue weighted by atomic mass is 10.2. The van der Waals surface area contributed by atoms with Crippen LogP contribution in [-0.2, 0) is 17.5 Å². The summed E-state index contributed by atoms with van der Waals surface area (Å²) in [6.45, 7) is -0.353. The van der Waals surface area contributed by atoms with Crippen molar-refractivity contribution in [3.63, 3.8) is 0 Å². The van der Waals surface area contributed by atoms with Crippen LogP contribution in [0.1, 0.15) is 16.1 Å². The first-order valence-corrected chi connectivity index (χ1v) is 11.9. The van der Waals surface area contributed by atoms with Crippen molar-refractivity contribution in [1.29, 1.82) is 0 Å². The summed E-state index contributed by atoms with van der Waals surface area (Å²) in [5.41, 5.74) is -0.521. The van der Waals surface area contributed by atoms with Crippen LogP contribution in [0.2, 0.25) is 0 Å². The number of hydrogen-bond donors (Lipinski definition) is 2. The lowest BCUT2D eigenvalue weighted by molar-refractivity contribution is -0.142. The van der Waals surface area contributed by atoms with Crippen molar-refractivity contribution in [3.05, 3.63) is 113 Å². The van der Waals surface area contributed by atoms with Gasteiger partial charge in [0.1, 0.15) is 18.1 Å². The maximum atomic E-state index is 13.7. The molecule has 41 heavy (non-hydrogen) atoms. The Bertz CT molecular complexity index is 1750. The summed E-state index contributed by atoms with van der Waals surface area (Å²) in [5, 5.41) is 9.20. The summed E-state index contributed by atoms with van der Waals surface area (Å²) in [6, 6.07) is 12.4. The molecular formula is C27H19F3N8O3. The third-order valence-electron chi connectivity index (χ3n) is 5.70. The van der Waals surface area contributed by atoms with Gasteiger partial charge in [-0.1, -0.05) is 0 Å². The lowest BCUT2D eigenvalue weighted by Gasteiger charge is -2.11. The number of nitrogens with one attached hydrogen (secondary N) is 2. The number of alkyl halides is 3. The van der Waals surface area contributed by atoms with Gasteiger partial charge in [-0.05, 0) is 48.5 Å². The Hall–Kier alpha value is -5.66. The largest absolute Gasteiger partial charge is 0.433 e. The fourth-order valence-electron chi connectivity index (χ4n) is 3.79. The van der Waals surface area contributed by atoms with Crippen LogP contribution in [-0.4, -0.2) is 41.1 Å². The highest BCUT2D eigenvalue weighted by molar-refractivity contribution is 6.03. The van der Waals surface area contributed by atoms with Crippen LogP contribution >= 0.6 is 0 Å². The predicted molar refractivity (Wildman–Crippen MR) is 141 cm³/mol. The molecule has 5 aromatic rings. The van der Waals surface area contributed by atoms with E-state index in [0.717, 1.165) is 22.9 Å². The number of nitrogens with zero attached hydrogens (tertiary/aromatic N) is 6. The Morgan fingerprint density at radius 2 is 1.68 bits per heavy atom. The van der Waals surface area contributed by atoms with E-state index in [1.54, 1.807) is 30.5 Å². The number of amides is 2. The lowest BCUT2D eigenvalue weighted by Crippen LogP contribution is -2.28. The molecule has 206 valence electrons. The molecule has 0 spiro atoms. The van der Waals surface area contributed by atoms with E-state index in [4.69, 9.17) is 0 Å². The van der Waals surface area contributed by atoms with E-state index in [1.165, 1.54) is 43.0 Å². The van der Waals surface area contributed by atoms with E-state index in [1.807, 2.05) is 0 Å². The van der Waals surface area contributed by atoms with E-state index >= 15 is 0 Å². The van der Waals surface area contributed by atoms with Crippen molar-refractivity contribution >= 4 is 23.3 Å². The minimum absolute atomic E-state index is 0.0126. The zero-order valence-electron chi connectivity index (χ0n) is 20.9. The van der Waals surface area contributed by atoms with Crippen molar-refractivity contribution in [3.8, 4) is 16.9 Å². The van der Waals surface area contributed by atoms with Crippen LogP contribution < -0.4 is 16.2 Å². The van der Waals surface area contributed by atoms with E-state index in [9.17, 15) is 27.6 Å². The van der Waals surface area contributed by atoms with Crippen molar-refractivity contribution < 1.29 is 22.8 Å². The molecule has 2 amide bonds. The zero-order chi connectivity index (χ0) is 29.0. The molecule has 0 saturated heterocycles. The molecule has 2 N–H and O–H groups in total. The van der Waals surface area contributed by atoms with Gasteiger partial charge in [-0.2, -0.15) is 18.3 Å². The van der Waals surface area contributed by atoms with Crippen LogP contribution in [0, 0.1) is 0 Å². The second-order valence-corrected chi connectivity index (χ2v) is 8.60. The van der Waals surface area contributed by atoms with Crippen LogP contribution in [0.25, 0.3) is 16.9 Å². The first kappa shape index (κ1) is 26.9. The van der Waals surface area contributed by atoms with Crippen LogP contribution in [0.3, 0.4) is 0 Å². The number of rotatable bonds is 7. The van der Waals surface area contributed by atoms with Crippen molar-refractivity contribution in [2.45, 2.75) is 12.7 Å². The summed E-state index contributed by atoms with van der Waals surface area (Å²) in [5.74, 6) is -1.11. The molecule has 0 radical (unpaired) electrons. The van der Waals surface area contributed by atoms with E-state index in [0.29, 0.717) is 15.9 Å². The maximum absolute atomic E-state index is 13.7. The SMILES string of the molecule is O=C(Cn1cc(C(=O)Nc2ccc(-n3nc(-c4cccnc4)cc3C(F)(F)F)cn2)ccc1=O)Nc1cccnc1. The number of halogens is 3. The monoisotopic (exact) mass is 560 g/mol. The van der Waals surface area contributed by atoms with Crippen molar-refractivity contribution in [1.82, 2.24) is 29.3 Å². The Labute approximate surface area is 229 Å². The topological polar surface area (TPSA) is 137 Å². The fraction of sp³-hybridized carbons (Fsp3) is 0.0741. The van der Waals surface area contributed by atoms with Gasteiger partial charge in [-0.25, -0.2) is 9.67 Å². The average molecular weight is 560 g/mol. The number of aromatic nitrogens is 6. The molecule has 0 aliphatic carbocycles. The Morgan fingerprint density at radius 3 is 2.34 bits per heavy atom. The van der Waals surface area contributed by atoms with Crippen LogP contribution in [0.5, 0.6) is 0 Å². The first-order valence-electron chi connectivity index (χ1n) is 11.9. The molecule has 11 nitrogen and oxygen atoms in total. The van der Waals surface area contributed by atoms with Crippen LogP contribution in [0.4, 0.5) is 24.7 Å². The Morgan fingerprint density at radius 1 is 0.902 bits per heavy atom. The molecule has 5 rings (SSSR count). The molecule has 0 fully saturated rings. The van der Waals surface area contributed by atoms with Crippen molar-refractivity contribution in [2.24, 2.45) is 0 Å². The highest BCUT2D eigenvalue weighted by Gasteiger charge is 2.36. The van der Waals surface area contributed by atoms with Gasteiger partial charge in [-0.15, -0.1) is 0 Å². The van der Waals surface area contributed by atoms with Crippen LogP contribution in [0.15, 0.2) is 96.6 Å². The molecule has 0 aliphatic heterocycles. The average Bonchev–Trinajstić information content (AvgIpc) is 3.42. The second kappa shape index (κ2) is 11.2. The predicted octanol–water partition coefficient (Wildman–Crippen LogP) is 3.80. The molecule has 14 heteroatoms. The van der Waals surface area contributed by atoms with Gasteiger partial charge in [-0.3, -0.25) is 24.4 Å². The van der Waals surface area contributed by atoms with E-state index in [-0.39, 0.29) is 29.3 Å². The van der Waals surface area contributed by atoms with Gasteiger partial charge in [0.15, 0.2) is 0 Å². The molecule has 0 saturated carbocycles. The summed E-state index contributed by atoms with van der Waals surface area (Å²) in [7, 11) is 0. The molecule has 0 atom stereocenters. The van der Waals surface area contributed by atoms with Gasteiger partial charge in [0.2, 0.25) is 5.91 Å². The van der Waals surface area contributed by atoms with E-state index < -0.39 is 29.2 Å². The third kappa shape index (κ3) is 6.33. The van der Waals surface area contributed by atoms with Crippen molar-refractivity contribution in [2.75, 3.05) is 10.6 Å². The molecule has 0 aromatic carbocycles. The summed E-state index contributed by atoms with van der Waals surface area (Å²) in [4.78, 5) is 49.2. The second-order valence-electron chi connectivity index (χ2n) is 8.60. The van der Waals surface area contributed by atoms with Gasteiger partial charge >= 0.3 is 6.18 Å². The minimum Gasteiger partial charge on any atom is -0.323 e. The molecule has 5 heterocycles. The number of pyridine rings is 4. The van der Waals surface area contributed by atoms with Gasteiger partial charge in [0.05, 0.1) is 35.0 Å². The van der Waals surface area contributed by atoms with E-state index in [2.05, 4.69) is 30.7 Å². The normalized spacial score (nSPS) is 11.2. The minimum atomic E-state index is -4.70. The molecule has 5 aromatic heterocycles. The highest BCUT2D eigenvalue weighted by Crippen LogP contribution is 2.34. The molecule has 0 unspecified atom stereocenters. The number of hydrogen-bond acceptors (Lipinski definition) is 7. The zero-order valence-corrected chi connectivity index (χ0v) is 20.9. The summed E-state index contributed by atoms with van der Waals surface area (Å²) in [6.07, 6.45) is 3.54. The number of carbonyl (C=O) groups excluding carboxylic acids is 2. The van der Waals surface area contributed by atoms with Gasteiger partial charge < -0.3 is 15.2 Å². The standard InChI is InChI=1S/C27H19F3N8O3/c28-27(29,30)22-11-21(17-3-1-9-31-12-17)36-38(22)20-6-7-23(33-14-20)35-26(41)18-5-8-25(40)37(15-18)16-24(39)34-19-4-2-10-32-13-19/h1-15H,16H2,(H,34,39)(H,33,35,41). The fourth-order valence-corrected chi connectivity index (χ4v) is 3.79. The Kier molecular flexibility index (Phi) is 7.37. The summed E-state index contributed by atoms with van der Waals surface area (Å²) >= 11 is 0. The van der Waals surface area contributed by atoms with Gasteiger partial charge in [0, 0.05) is 36.4 Å². The number of anilines is 2. The Balaban J connectivity index is 1.32. The maximum Gasteiger partial charge on any atom is 0.433 e. The molecule has 0 aliphatic rings. The molecular weight excluding hydrogens is 541 g/mol. The smallest absolute Gasteiger partial charge is 0.323 e. The molecule has 0 bridgehead atoms. The third-order valence-corrected chi connectivity index (χ3v) is 5.70. The first-order chi connectivity index (χ1) is 19.7. The van der Waals surface area contributed by atoms with Gasteiger partial charge in [0.25, 0.3) is 11.5 Å².